The Kier molecular flexibility index (Phi) is 4.24. The summed E-state index contributed by atoms with van der Waals surface area (Å²) in [6.45, 7) is 1.16. The second-order valence-corrected chi connectivity index (χ2v) is 6.50. The van der Waals surface area contributed by atoms with Gasteiger partial charge < -0.3 is 5.32 Å². The first-order valence-electron chi connectivity index (χ1n) is 7.09. The highest BCUT2D eigenvalue weighted by molar-refractivity contribution is 7.99. The van der Waals surface area contributed by atoms with Gasteiger partial charge in [-0.2, -0.15) is 11.8 Å². The van der Waals surface area contributed by atoms with Gasteiger partial charge >= 0.3 is 0 Å². The third kappa shape index (κ3) is 2.68. The minimum Gasteiger partial charge on any atom is -0.312 e. The van der Waals surface area contributed by atoms with Crippen LogP contribution in [-0.2, 0) is 0 Å². The van der Waals surface area contributed by atoms with Gasteiger partial charge in [0.2, 0.25) is 0 Å². The van der Waals surface area contributed by atoms with E-state index in [9.17, 15) is 0 Å². The molecule has 1 aliphatic heterocycles. The lowest BCUT2D eigenvalue weighted by Crippen LogP contribution is -2.47. The lowest BCUT2D eigenvalue weighted by Gasteiger charge is -2.37. The van der Waals surface area contributed by atoms with Crippen LogP contribution in [-0.4, -0.2) is 48.1 Å². The van der Waals surface area contributed by atoms with E-state index in [0.717, 1.165) is 12.1 Å². The Morgan fingerprint density at radius 1 is 1.40 bits per heavy atom. The minimum atomic E-state index is 0.338. The van der Waals surface area contributed by atoms with Crippen molar-refractivity contribution in [3.8, 4) is 0 Å². The second kappa shape index (κ2) is 6.12. The summed E-state index contributed by atoms with van der Waals surface area (Å²) >= 11 is 2.05. The Morgan fingerprint density at radius 3 is 3.05 bits per heavy atom. The average molecular weight is 287 g/mol. The van der Waals surface area contributed by atoms with E-state index in [1.807, 2.05) is 31.1 Å². The Balaban J connectivity index is 1.93. The number of hydrogen-bond acceptors (Lipinski definition) is 4. The molecule has 0 spiro atoms. The highest BCUT2D eigenvalue weighted by atomic mass is 32.2. The van der Waals surface area contributed by atoms with Crippen molar-refractivity contribution in [3.63, 3.8) is 0 Å². The van der Waals surface area contributed by atoms with Crippen molar-refractivity contribution in [2.45, 2.75) is 12.1 Å². The van der Waals surface area contributed by atoms with Crippen LogP contribution in [0.5, 0.6) is 0 Å². The second-order valence-electron chi connectivity index (χ2n) is 5.35. The number of hydrogen-bond donors (Lipinski definition) is 1. The smallest absolute Gasteiger partial charge is 0.0702 e. The van der Waals surface area contributed by atoms with Gasteiger partial charge in [-0.05, 0) is 31.8 Å². The first-order valence-corrected chi connectivity index (χ1v) is 8.25. The molecular weight excluding hydrogens is 266 g/mol. The van der Waals surface area contributed by atoms with Crippen LogP contribution in [0.4, 0.5) is 0 Å². The van der Waals surface area contributed by atoms with Gasteiger partial charge in [0.1, 0.15) is 0 Å². The molecule has 20 heavy (non-hydrogen) atoms. The predicted octanol–water partition coefficient (Wildman–Crippen LogP) is 2.54. The number of aromatic nitrogens is 1. The number of nitrogens with zero attached hydrogens (tertiary/aromatic N) is 2. The number of benzene rings is 1. The van der Waals surface area contributed by atoms with Gasteiger partial charge in [0.25, 0.3) is 0 Å². The zero-order valence-corrected chi connectivity index (χ0v) is 12.9. The van der Waals surface area contributed by atoms with Crippen LogP contribution < -0.4 is 5.32 Å². The molecule has 2 unspecified atom stereocenters. The summed E-state index contributed by atoms with van der Waals surface area (Å²) in [4.78, 5) is 7.07. The van der Waals surface area contributed by atoms with Crippen LogP contribution in [0.15, 0.2) is 36.5 Å². The van der Waals surface area contributed by atoms with Crippen molar-refractivity contribution in [2.75, 3.05) is 32.1 Å². The standard InChI is InChI=1S/C16H21N3S/c1-17-16(15-11-20-8-7-19(15)2)13-9-12-5-3-4-6-14(12)18-10-13/h3-6,9-10,15-17H,7-8,11H2,1-2H3. The van der Waals surface area contributed by atoms with Crippen LogP contribution >= 0.6 is 11.8 Å². The molecule has 1 aliphatic rings. The molecule has 2 aromatic rings. The molecule has 4 heteroatoms. The van der Waals surface area contributed by atoms with Crippen LogP contribution in [0, 0.1) is 0 Å². The molecule has 2 atom stereocenters. The van der Waals surface area contributed by atoms with Gasteiger partial charge in [-0.1, -0.05) is 18.2 Å². The molecule has 0 saturated carbocycles. The van der Waals surface area contributed by atoms with Crippen LogP contribution in [0.3, 0.4) is 0 Å². The van der Waals surface area contributed by atoms with E-state index in [0.29, 0.717) is 12.1 Å². The summed E-state index contributed by atoms with van der Waals surface area (Å²) < 4.78 is 0. The Labute approximate surface area is 124 Å². The number of rotatable bonds is 3. The lowest BCUT2D eigenvalue weighted by molar-refractivity contribution is 0.221. The SMILES string of the molecule is CNC(c1cnc2ccccc2c1)C1CSCCN1C. The molecule has 1 aromatic carbocycles. The lowest BCUT2D eigenvalue weighted by atomic mass is 9.99. The summed E-state index contributed by atoms with van der Waals surface area (Å²) in [5.74, 6) is 2.41. The highest BCUT2D eigenvalue weighted by Gasteiger charge is 2.28. The first kappa shape index (κ1) is 13.9. The quantitative estimate of drug-likeness (QED) is 0.939. The molecule has 3 rings (SSSR count). The Hall–Kier alpha value is -1.10. The van der Waals surface area contributed by atoms with Crippen LogP contribution in [0.2, 0.25) is 0 Å². The normalized spacial score (nSPS) is 22.0. The number of nitrogens with one attached hydrogen (secondary N) is 1. The molecule has 3 nitrogen and oxygen atoms in total. The fraction of sp³-hybridized carbons (Fsp3) is 0.438. The minimum absolute atomic E-state index is 0.338. The van der Waals surface area contributed by atoms with Crippen molar-refractivity contribution in [1.29, 1.82) is 0 Å². The van der Waals surface area contributed by atoms with Crippen LogP contribution in [0.1, 0.15) is 11.6 Å². The summed E-state index contributed by atoms with van der Waals surface area (Å²) in [6, 6.07) is 11.5. The Bertz CT molecular complexity index is 587. The van der Waals surface area contributed by atoms with Crippen LogP contribution in [0.25, 0.3) is 10.9 Å². The van der Waals surface area contributed by atoms with Gasteiger partial charge in [0, 0.05) is 41.7 Å². The van der Waals surface area contributed by atoms with Gasteiger partial charge in [0.15, 0.2) is 0 Å². The van der Waals surface area contributed by atoms with E-state index in [2.05, 4.69) is 46.5 Å². The monoisotopic (exact) mass is 287 g/mol. The first-order chi connectivity index (χ1) is 9.79. The predicted molar refractivity (Wildman–Crippen MR) is 87.3 cm³/mol. The summed E-state index contributed by atoms with van der Waals surface area (Å²) in [5, 5.41) is 4.71. The summed E-state index contributed by atoms with van der Waals surface area (Å²) in [5.41, 5.74) is 2.35. The molecule has 1 saturated heterocycles. The van der Waals surface area contributed by atoms with Crippen molar-refractivity contribution >= 4 is 22.7 Å². The summed E-state index contributed by atoms with van der Waals surface area (Å²) in [6.07, 6.45) is 2.02. The largest absolute Gasteiger partial charge is 0.312 e. The molecule has 1 N–H and O–H groups in total. The molecular formula is C16H21N3S. The van der Waals surface area contributed by atoms with E-state index in [4.69, 9.17) is 0 Å². The van der Waals surface area contributed by atoms with E-state index in [1.165, 1.54) is 22.5 Å². The van der Waals surface area contributed by atoms with Crippen molar-refractivity contribution < 1.29 is 0 Å². The van der Waals surface area contributed by atoms with E-state index in [-0.39, 0.29) is 0 Å². The third-order valence-corrected chi connectivity index (χ3v) is 5.16. The van der Waals surface area contributed by atoms with Gasteiger partial charge in [-0.3, -0.25) is 9.88 Å². The summed E-state index contributed by atoms with van der Waals surface area (Å²) in [7, 11) is 4.27. The molecule has 1 aromatic heterocycles. The molecule has 0 bridgehead atoms. The molecule has 0 radical (unpaired) electrons. The molecule has 0 aliphatic carbocycles. The molecule has 0 amide bonds. The number of thioether (sulfide) groups is 1. The van der Waals surface area contributed by atoms with Gasteiger partial charge in [0.05, 0.1) is 5.52 Å². The maximum absolute atomic E-state index is 4.60. The average Bonchev–Trinajstić information content (AvgIpc) is 2.50. The highest BCUT2D eigenvalue weighted by Crippen LogP contribution is 2.27. The van der Waals surface area contributed by atoms with E-state index in [1.54, 1.807) is 0 Å². The molecule has 1 fully saturated rings. The van der Waals surface area contributed by atoms with E-state index < -0.39 is 0 Å². The number of pyridine rings is 1. The zero-order chi connectivity index (χ0) is 13.9. The number of likely N-dealkylation sites (N-methyl/N-ethyl adjacent to an activating group) is 2. The maximum atomic E-state index is 4.60. The Morgan fingerprint density at radius 2 is 2.25 bits per heavy atom. The topological polar surface area (TPSA) is 28.2 Å². The zero-order valence-electron chi connectivity index (χ0n) is 12.0. The number of para-hydroxylation sites is 1. The van der Waals surface area contributed by atoms with Gasteiger partial charge in [-0.15, -0.1) is 0 Å². The molecule has 2 heterocycles. The van der Waals surface area contributed by atoms with Crippen molar-refractivity contribution in [2.24, 2.45) is 0 Å². The third-order valence-electron chi connectivity index (χ3n) is 4.11. The van der Waals surface area contributed by atoms with Crippen molar-refractivity contribution in [1.82, 2.24) is 15.2 Å². The molecule has 106 valence electrons. The van der Waals surface area contributed by atoms with Crippen molar-refractivity contribution in [3.05, 3.63) is 42.1 Å². The fourth-order valence-corrected chi connectivity index (χ4v) is 4.17. The number of fused-ring (bicyclic) bond motifs is 1. The van der Waals surface area contributed by atoms with E-state index >= 15 is 0 Å². The van der Waals surface area contributed by atoms with Gasteiger partial charge in [-0.25, -0.2) is 0 Å². The maximum Gasteiger partial charge on any atom is 0.0702 e. The fourth-order valence-electron chi connectivity index (χ4n) is 2.90.